The van der Waals surface area contributed by atoms with Gasteiger partial charge in [-0.05, 0) is 25.9 Å². The minimum Gasteiger partial charge on any atom is -0.480 e. The first-order chi connectivity index (χ1) is 12.5. The molecule has 8 nitrogen and oxygen atoms in total. The zero-order chi connectivity index (χ0) is 20.6. The third kappa shape index (κ3) is 10.6. The number of carbonyl (C=O) groups is 2. The van der Waals surface area contributed by atoms with Crippen molar-refractivity contribution in [2.24, 2.45) is 5.41 Å². The van der Waals surface area contributed by atoms with Crippen LogP contribution in [-0.2, 0) is 9.59 Å². The van der Waals surface area contributed by atoms with Crippen LogP contribution in [0.4, 0.5) is 0 Å². The average molecular weight is 387 g/mol. The maximum atomic E-state index is 11.5. The molecule has 2 N–H and O–H groups in total. The van der Waals surface area contributed by atoms with Gasteiger partial charge >= 0.3 is 11.9 Å². The number of hydrogen-bond acceptors (Lipinski definition) is 6. The summed E-state index contributed by atoms with van der Waals surface area (Å²) >= 11 is 0. The third-order valence-corrected chi connectivity index (χ3v) is 4.95. The Balaban J connectivity index is 3.01. The van der Waals surface area contributed by atoms with E-state index in [4.69, 9.17) is 0 Å². The zero-order valence-electron chi connectivity index (χ0n) is 17.6. The summed E-state index contributed by atoms with van der Waals surface area (Å²) in [5.41, 5.74) is 0.0802. The lowest BCUT2D eigenvalue weighted by molar-refractivity contribution is -0.141. The molecule has 1 aliphatic heterocycles. The number of aliphatic carboxylic acids is 2. The molecule has 1 fully saturated rings. The molecule has 1 saturated heterocycles. The summed E-state index contributed by atoms with van der Waals surface area (Å²) in [5.74, 6) is -1.69. The van der Waals surface area contributed by atoms with Crippen LogP contribution in [0.5, 0.6) is 0 Å². The standard InChI is InChI=1S/C19H38N4O4/c1-19(2,3)12-16-13-21(5)7-6-20(4)8-9-22(14-17(24)25)10-11-23(16)15-18(26)27/h16H,6-15H2,1-5H3,(H,24,25)(H,26,27). The molecule has 0 bridgehead atoms. The fraction of sp³-hybridized carbons (Fsp3) is 0.895. The minimum atomic E-state index is -0.847. The molecule has 8 heteroatoms. The third-order valence-electron chi connectivity index (χ3n) is 4.95. The molecule has 0 aliphatic carbocycles. The Morgan fingerprint density at radius 1 is 0.852 bits per heavy atom. The predicted octanol–water partition coefficient (Wildman–Crippen LogP) is 0.442. The van der Waals surface area contributed by atoms with E-state index in [1.54, 1.807) is 0 Å². The first-order valence-corrected chi connectivity index (χ1v) is 9.73. The summed E-state index contributed by atoms with van der Waals surface area (Å²) in [4.78, 5) is 31.1. The Morgan fingerprint density at radius 2 is 1.37 bits per heavy atom. The van der Waals surface area contributed by atoms with Gasteiger partial charge in [0.1, 0.15) is 0 Å². The van der Waals surface area contributed by atoms with E-state index in [0.717, 1.165) is 32.6 Å². The molecule has 0 spiro atoms. The summed E-state index contributed by atoms with van der Waals surface area (Å²) in [5, 5.41) is 18.6. The zero-order valence-corrected chi connectivity index (χ0v) is 17.6. The Kier molecular flexibility index (Phi) is 9.66. The van der Waals surface area contributed by atoms with Crippen LogP contribution in [0.25, 0.3) is 0 Å². The monoisotopic (exact) mass is 386 g/mol. The molecule has 1 aliphatic rings. The summed E-state index contributed by atoms with van der Waals surface area (Å²) in [6.45, 7) is 11.7. The lowest BCUT2D eigenvalue weighted by Crippen LogP contribution is -2.51. The topological polar surface area (TPSA) is 87.6 Å². The van der Waals surface area contributed by atoms with Gasteiger partial charge in [-0.1, -0.05) is 20.8 Å². The van der Waals surface area contributed by atoms with Gasteiger partial charge in [0.05, 0.1) is 13.1 Å². The molecule has 1 heterocycles. The molecule has 27 heavy (non-hydrogen) atoms. The quantitative estimate of drug-likeness (QED) is 0.704. The van der Waals surface area contributed by atoms with Crippen LogP contribution in [-0.4, -0.2) is 121 Å². The number of carboxylic acids is 2. The molecular weight excluding hydrogens is 348 g/mol. The highest BCUT2D eigenvalue weighted by Gasteiger charge is 2.28. The number of carboxylic acid groups (broad SMARTS) is 2. The van der Waals surface area contributed by atoms with E-state index in [2.05, 4.69) is 44.7 Å². The van der Waals surface area contributed by atoms with Crippen LogP contribution in [0.2, 0.25) is 0 Å². The van der Waals surface area contributed by atoms with Crippen molar-refractivity contribution in [1.29, 1.82) is 0 Å². The van der Waals surface area contributed by atoms with E-state index in [9.17, 15) is 19.8 Å². The fourth-order valence-corrected chi connectivity index (χ4v) is 3.53. The van der Waals surface area contributed by atoms with E-state index < -0.39 is 11.9 Å². The number of rotatable bonds is 5. The van der Waals surface area contributed by atoms with Gasteiger partial charge in [-0.2, -0.15) is 0 Å². The second-order valence-electron chi connectivity index (χ2n) is 9.02. The Hall–Kier alpha value is -1.22. The normalized spacial score (nSPS) is 23.5. The second kappa shape index (κ2) is 10.9. The van der Waals surface area contributed by atoms with Crippen molar-refractivity contribution in [2.45, 2.75) is 33.2 Å². The lowest BCUT2D eigenvalue weighted by atomic mass is 9.87. The van der Waals surface area contributed by atoms with Crippen LogP contribution in [0.1, 0.15) is 27.2 Å². The van der Waals surface area contributed by atoms with Crippen LogP contribution < -0.4 is 0 Å². The highest BCUT2D eigenvalue weighted by molar-refractivity contribution is 5.69. The first kappa shape index (κ1) is 23.8. The van der Waals surface area contributed by atoms with Crippen molar-refractivity contribution in [2.75, 3.05) is 73.0 Å². The number of nitrogens with zero attached hydrogens (tertiary/aromatic N) is 4. The largest absolute Gasteiger partial charge is 0.480 e. The van der Waals surface area contributed by atoms with Crippen LogP contribution in [0.3, 0.4) is 0 Å². The smallest absolute Gasteiger partial charge is 0.317 e. The van der Waals surface area contributed by atoms with Gasteiger partial charge in [0.2, 0.25) is 0 Å². The first-order valence-electron chi connectivity index (χ1n) is 9.73. The van der Waals surface area contributed by atoms with E-state index >= 15 is 0 Å². The van der Waals surface area contributed by atoms with Crippen molar-refractivity contribution in [3.8, 4) is 0 Å². The van der Waals surface area contributed by atoms with Crippen molar-refractivity contribution in [3.63, 3.8) is 0 Å². The molecule has 1 rings (SSSR count). The van der Waals surface area contributed by atoms with Gasteiger partial charge in [-0.3, -0.25) is 19.4 Å². The molecule has 0 aromatic heterocycles. The van der Waals surface area contributed by atoms with Gasteiger partial charge in [0.15, 0.2) is 0 Å². The maximum absolute atomic E-state index is 11.5. The summed E-state index contributed by atoms with van der Waals surface area (Å²) in [7, 11) is 4.15. The number of hydrogen-bond donors (Lipinski definition) is 2. The van der Waals surface area contributed by atoms with E-state index in [-0.39, 0.29) is 24.5 Å². The summed E-state index contributed by atoms with van der Waals surface area (Å²) in [6.07, 6.45) is 0.888. The Labute approximate surface area is 163 Å². The lowest BCUT2D eigenvalue weighted by Gasteiger charge is -2.39. The minimum absolute atomic E-state index is 0.0153. The maximum Gasteiger partial charge on any atom is 0.317 e. The van der Waals surface area contributed by atoms with Gasteiger partial charge in [-0.25, -0.2) is 0 Å². The Morgan fingerprint density at radius 3 is 1.93 bits per heavy atom. The van der Waals surface area contributed by atoms with Crippen LogP contribution >= 0.6 is 0 Å². The van der Waals surface area contributed by atoms with Crippen molar-refractivity contribution in [1.82, 2.24) is 19.6 Å². The number of likely N-dealkylation sites (N-methyl/N-ethyl adjacent to an activating group) is 2. The second-order valence-corrected chi connectivity index (χ2v) is 9.02. The molecule has 0 amide bonds. The highest BCUT2D eigenvalue weighted by atomic mass is 16.4. The van der Waals surface area contributed by atoms with Crippen LogP contribution in [0, 0.1) is 5.41 Å². The molecule has 158 valence electrons. The highest BCUT2D eigenvalue weighted by Crippen LogP contribution is 2.24. The van der Waals surface area contributed by atoms with Crippen molar-refractivity contribution >= 4 is 11.9 Å². The van der Waals surface area contributed by atoms with Crippen molar-refractivity contribution in [3.05, 3.63) is 0 Å². The summed E-state index contributed by atoms with van der Waals surface area (Å²) < 4.78 is 0. The fourth-order valence-electron chi connectivity index (χ4n) is 3.53. The SMILES string of the molecule is CN1CCN(C)CC(CC(C)(C)C)N(CC(=O)O)CCN(CC(=O)O)CC1. The van der Waals surface area contributed by atoms with E-state index in [0.29, 0.717) is 19.6 Å². The predicted molar refractivity (Wildman–Crippen MR) is 106 cm³/mol. The van der Waals surface area contributed by atoms with Crippen molar-refractivity contribution < 1.29 is 19.8 Å². The molecule has 0 aromatic carbocycles. The summed E-state index contributed by atoms with van der Waals surface area (Å²) in [6, 6.07) is 0.113. The molecule has 0 radical (unpaired) electrons. The van der Waals surface area contributed by atoms with Crippen LogP contribution in [0.15, 0.2) is 0 Å². The van der Waals surface area contributed by atoms with Gasteiger partial charge < -0.3 is 20.0 Å². The van der Waals surface area contributed by atoms with Gasteiger partial charge in [0, 0.05) is 51.9 Å². The molecule has 0 saturated carbocycles. The Bertz CT molecular complexity index is 481. The molecular formula is C19H38N4O4. The molecule has 1 unspecified atom stereocenters. The average Bonchev–Trinajstić information content (AvgIpc) is 2.50. The van der Waals surface area contributed by atoms with E-state index in [1.165, 1.54) is 0 Å². The molecule has 1 atom stereocenters. The van der Waals surface area contributed by atoms with Gasteiger partial charge in [0.25, 0.3) is 0 Å². The van der Waals surface area contributed by atoms with E-state index in [1.807, 2.05) is 9.80 Å². The molecule has 0 aromatic rings. The van der Waals surface area contributed by atoms with Gasteiger partial charge in [-0.15, -0.1) is 0 Å².